The Kier molecular flexibility index (Phi) is 4.00. The standard InChI is InChI=1S/C11H12N2O3S/c14-6-5-12-10(15)7-17-11-13-8-3-1-2-4-9(8)16-11/h1-4,14H,5-7H2,(H,12,15). The van der Waals surface area contributed by atoms with Crippen LogP contribution in [0.3, 0.4) is 0 Å². The molecule has 17 heavy (non-hydrogen) atoms. The number of carbonyl (C=O) groups is 1. The van der Waals surface area contributed by atoms with Crippen LogP contribution in [0.5, 0.6) is 0 Å². The highest BCUT2D eigenvalue weighted by atomic mass is 32.2. The zero-order chi connectivity index (χ0) is 12.1. The molecule has 0 aliphatic carbocycles. The summed E-state index contributed by atoms with van der Waals surface area (Å²) in [5.41, 5.74) is 1.50. The van der Waals surface area contributed by atoms with E-state index < -0.39 is 0 Å². The van der Waals surface area contributed by atoms with E-state index in [1.165, 1.54) is 11.8 Å². The third-order valence-corrected chi connectivity index (χ3v) is 2.86. The van der Waals surface area contributed by atoms with Crippen molar-refractivity contribution in [2.75, 3.05) is 18.9 Å². The van der Waals surface area contributed by atoms with E-state index in [-0.39, 0.29) is 24.8 Å². The van der Waals surface area contributed by atoms with Gasteiger partial charge >= 0.3 is 0 Å². The molecule has 6 heteroatoms. The number of oxazole rings is 1. The Morgan fingerprint density at radius 1 is 1.47 bits per heavy atom. The van der Waals surface area contributed by atoms with Gasteiger partial charge in [0.15, 0.2) is 5.58 Å². The second-order valence-electron chi connectivity index (χ2n) is 3.31. The molecule has 2 aromatic rings. The minimum atomic E-state index is -0.147. The number of fused-ring (bicyclic) bond motifs is 1. The molecule has 90 valence electrons. The van der Waals surface area contributed by atoms with Crippen LogP contribution in [0.1, 0.15) is 0 Å². The quantitative estimate of drug-likeness (QED) is 0.777. The second kappa shape index (κ2) is 5.70. The Balaban J connectivity index is 1.92. The van der Waals surface area contributed by atoms with Crippen molar-refractivity contribution in [3.63, 3.8) is 0 Å². The number of para-hydroxylation sites is 2. The lowest BCUT2D eigenvalue weighted by molar-refractivity contribution is -0.118. The van der Waals surface area contributed by atoms with E-state index in [1.54, 1.807) is 0 Å². The van der Waals surface area contributed by atoms with E-state index in [2.05, 4.69) is 10.3 Å². The van der Waals surface area contributed by atoms with Gasteiger partial charge in [0.1, 0.15) is 5.52 Å². The van der Waals surface area contributed by atoms with Crippen molar-refractivity contribution < 1.29 is 14.3 Å². The van der Waals surface area contributed by atoms with Crippen LogP contribution in [-0.4, -0.2) is 34.9 Å². The Morgan fingerprint density at radius 2 is 2.29 bits per heavy atom. The van der Waals surface area contributed by atoms with E-state index in [9.17, 15) is 4.79 Å². The van der Waals surface area contributed by atoms with Crippen LogP contribution in [0, 0.1) is 0 Å². The summed E-state index contributed by atoms with van der Waals surface area (Å²) in [6.45, 7) is 0.215. The van der Waals surface area contributed by atoms with Crippen molar-refractivity contribution in [3.05, 3.63) is 24.3 Å². The number of thioether (sulfide) groups is 1. The molecule has 1 aromatic heterocycles. The fourth-order valence-corrected chi connectivity index (χ4v) is 1.95. The molecular formula is C11H12N2O3S. The smallest absolute Gasteiger partial charge is 0.257 e. The number of nitrogens with zero attached hydrogens (tertiary/aromatic N) is 1. The number of aliphatic hydroxyl groups excluding tert-OH is 1. The molecule has 0 unspecified atom stereocenters. The van der Waals surface area contributed by atoms with E-state index in [0.717, 1.165) is 5.52 Å². The summed E-state index contributed by atoms with van der Waals surface area (Å²) < 4.78 is 5.45. The number of benzene rings is 1. The second-order valence-corrected chi connectivity index (χ2v) is 4.24. The first-order valence-electron chi connectivity index (χ1n) is 5.15. The van der Waals surface area contributed by atoms with Gasteiger partial charge in [-0.2, -0.15) is 0 Å². The molecule has 2 N–H and O–H groups in total. The minimum Gasteiger partial charge on any atom is -0.431 e. The van der Waals surface area contributed by atoms with Crippen molar-refractivity contribution in [1.29, 1.82) is 0 Å². The van der Waals surface area contributed by atoms with E-state index in [4.69, 9.17) is 9.52 Å². The van der Waals surface area contributed by atoms with E-state index in [1.807, 2.05) is 24.3 Å². The van der Waals surface area contributed by atoms with Gasteiger partial charge in [-0.1, -0.05) is 23.9 Å². The highest BCUT2D eigenvalue weighted by Gasteiger charge is 2.08. The summed E-state index contributed by atoms with van der Waals surface area (Å²) in [7, 11) is 0. The van der Waals surface area contributed by atoms with Gasteiger partial charge in [0.25, 0.3) is 5.22 Å². The van der Waals surface area contributed by atoms with Crippen LogP contribution in [0.4, 0.5) is 0 Å². The number of nitrogens with one attached hydrogen (secondary N) is 1. The van der Waals surface area contributed by atoms with Gasteiger partial charge in [0.05, 0.1) is 12.4 Å². The zero-order valence-electron chi connectivity index (χ0n) is 9.05. The predicted molar refractivity (Wildman–Crippen MR) is 64.8 cm³/mol. The molecule has 0 saturated carbocycles. The minimum absolute atomic E-state index is 0.0563. The number of carbonyl (C=O) groups excluding carboxylic acids is 1. The first-order chi connectivity index (χ1) is 8.29. The summed E-state index contributed by atoms with van der Waals surface area (Å²) in [5.74, 6) is 0.0821. The number of hydrogen-bond donors (Lipinski definition) is 2. The van der Waals surface area contributed by atoms with Gasteiger partial charge in [-0.15, -0.1) is 0 Å². The molecule has 0 fully saturated rings. The molecule has 1 amide bonds. The van der Waals surface area contributed by atoms with Gasteiger partial charge in [-0.05, 0) is 12.1 Å². The molecule has 1 heterocycles. The fourth-order valence-electron chi connectivity index (χ4n) is 1.29. The molecule has 0 aliphatic rings. The molecule has 1 aromatic carbocycles. The van der Waals surface area contributed by atoms with Crippen LogP contribution in [0.25, 0.3) is 11.1 Å². The van der Waals surface area contributed by atoms with Crippen molar-refractivity contribution in [2.45, 2.75) is 5.22 Å². The summed E-state index contributed by atoms with van der Waals surface area (Å²) in [6.07, 6.45) is 0. The fraction of sp³-hybridized carbons (Fsp3) is 0.273. The van der Waals surface area contributed by atoms with Crippen molar-refractivity contribution in [1.82, 2.24) is 10.3 Å². The lowest BCUT2D eigenvalue weighted by Gasteiger charge is -1.99. The average Bonchev–Trinajstić information content (AvgIpc) is 2.76. The third kappa shape index (κ3) is 3.21. The summed E-state index contributed by atoms with van der Waals surface area (Å²) in [4.78, 5) is 15.5. The molecule has 0 aliphatic heterocycles. The van der Waals surface area contributed by atoms with Gasteiger partial charge < -0.3 is 14.8 Å². The van der Waals surface area contributed by atoms with Gasteiger partial charge in [0.2, 0.25) is 5.91 Å². The molecular weight excluding hydrogens is 240 g/mol. The van der Waals surface area contributed by atoms with Crippen LogP contribution >= 0.6 is 11.8 Å². The number of aromatic nitrogens is 1. The topological polar surface area (TPSA) is 75.4 Å². The first-order valence-corrected chi connectivity index (χ1v) is 6.14. The normalized spacial score (nSPS) is 10.6. The maximum Gasteiger partial charge on any atom is 0.257 e. The summed E-state index contributed by atoms with van der Waals surface area (Å²) in [5, 5.41) is 11.6. The van der Waals surface area contributed by atoms with Crippen molar-refractivity contribution >= 4 is 28.8 Å². The van der Waals surface area contributed by atoms with Crippen LogP contribution in [0.2, 0.25) is 0 Å². The maximum absolute atomic E-state index is 11.3. The highest BCUT2D eigenvalue weighted by molar-refractivity contribution is 7.99. The monoisotopic (exact) mass is 252 g/mol. The van der Waals surface area contributed by atoms with Gasteiger partial charge in [-0.25, -0.2) is 4.98 Å². The van der Waals surface area contributed by atoms with Crippen LogP contribution in [-0.2, 0) is 4.79 Å². The highest BCUT2D eigenvalue weighted by Crippen LogP contribution is 2.22. The summed E-state index contributed by atoms with van der Waals surface area (Å²) >= 11 is 1.23. The van der Waals surface area contributed by atoms with Gasteiger partial charge in [0, 0.05) is 6.54 Å². The number of aliphatic hydroxyl groups is 1. The molecule has 0 atom stereocenters. The molecule has 5 nitrogen and oxygen atoms in total. The van der Waals surface area contributed by atoms with E-state index >= 15 is 0 Å². The maximum atomic E-state index is 11.3. The molecule has 0 radical (unpaired) electrons. The Hall–Kier alpha value is -1.53. The number of amides is 1. The largest absolute Gasteiger partial charge is 0.431 e. The lowest BCUT2D eigenvalue weighted by atomic mass is 10.3. The molecule has 0 spiro atoms. The average molecular weight is 252 g/mol. The van der Waals surface area contributed by atoms with Crippen molar-refractivity contribution in [2.24, 2.45) is 0 Å². The van der Waals surface area contributed by atoms with Crippen LogP contribution < -0.4 is 5.32 Å². The summed E-state index contributed by atoms with van der Waals surface area (Å²) in [6, 6.07) is 7.44. The Bertz CT molecular complexity index is 479. The zero-order valence-corrected chi connectivity index (χ0v) is 9.87. The molecule has 2 rings (SSSR count). The van der Waals surface area contributed by atoms with E-state index in [0.29, 0.717) is 10.8 Å². The van der Waals surface area contributed by atoms with Crippen LogP contribution in [0.15, 0.2) is 33.9 Å². The lowest BCUT2D eigenvalue weighted by Crippen LogP contribution is -2.27. The van der Waals surface area contributed by atoms with Gasteiger partial charge in [-0.3, -0.25) is 4.79 Å². The number of rotatable bonds is 5. The Labute approximate surface area is 102 Å². The predicted octanol–water partition coefficient (Wildman–Crippen LogP) is 1.03. The third-order valence-electron chi connectivity index (χ3n) is 2.03. The SMILES string of the molecule is O=C(CSc1nc2ccccc2o1)NCCO. The first kappa shape index (κ1) is 11.9. The van der Waals surface area contributed by atoms with Crippen molar-refractivity contribution in [3.8, 4) is 0 Å². The Morgan fingerprint density at radius 3 is 3.06 bits per heavy atom. The molecule has 0 bridgehead atoms. The number of hydrogen-bond acceptors (Lipinski definition) is 5. The molecule has 0 saturated heterocycles.